The van der Waals surface area contributed by atoms with E-state index >= 15 is 0 Å². The van der Waals surface area contributed by atoms with Crippen LogP contribution < -0.4 is 4.74 Å². The summed E-state index contributed by atoms with van der Waals surface area (Å²) in [6, 6.07) is 7.79. The highest BCUT2D eigenvalue weighted by molar-refractivity contribution is 7.98. The molecule has 16 heavy (non-hydrogen) atoms. The molecule has 0 aliphatic rings. The predicted octanol–water partition coefficient (Wildman–Crippen LogP) is 2.69. The van der Waals surface area contributed by atoms with Crippen LogP contribution in [0.5, 0.6) is 5.75 Å². The zero-order valence-corrected chi connectivity index (χ0v) is 10.5. The van der Waals surface area contributed by atoms with Crippen LogP contribution in [0.2, 0.25) is 0 Å². The number of hydrogen-bond donors (Lipinski definition) is 0. The van der Waals surface area contributed by atoms with Crippen molar-refractivity contribution in [3.8, 4) is 11.8 Å². The van der Waals surface area contributed by atoms with Crippen molar-refractivity contribution < 1.29 is 9.47 Å². The van der Waals surface area contributed by atoms with Crippen LogP contribution in [0.1, 0.15) is 12.5 Å². The van der Waals surface area contributed by atoms with E-state index in [9.17, 15) is 0 Å². The van der Waals surface area contributed by atoms with E-state index in [1.807, 2.05) is 31.4 Å². The van der Waals surface area contributed by atoms with Crippen molar-refractivity contribution in [2.45, 2.75) is 17.9 Å². The Hall–Kier alpha value is -1.18. The van der Waals surface area contributed by atoms with E-state index in [4.69, 9.17) is 14.7 Å². The van der Waals surface area contributed by atoms with E-state index in [1.165, 1.54) is 0 Å². The molecule has 0 bridgehead atoms. The lowest BCUT2D eigenvalue weighted by atomic mass is 10.2. The minimum Gasteiger partial charge on any atom is -0.487 e. The number of nitriles is 1. The molecule has 86 valence electrons. The van der Waals surface area contributed by atoms with Gasteiger partial charge in [0.25, 0.3) is 0 Å². The first-order valence-corrected chi connectivity index (χ1v) is 6.18. The molecular weight excluding hydrogens is 222 g/mol. The Bertz CT molecular complexity index is 387. The SMILES string of the molecule is COCC(C)Oc1cccc(SC)c1C#N. The summed E-state index contributed by atoms with van der Waals surface area (Å²) in [4.78, 5) is 0.935. The van der Waals surface area contributed by atoms with Gasteiger partial charge in [0.05, 0.1) is 6.61 Å². The van der Waals surface area contributed by atoms with Crippen molar-refractivity contribution in [1.82, 2.24) is 0 Å². The lowest BCUT2D eigenvalue weighted by Gasteiger charge is -2.15. The zero-order chi connectivity index (χ0) is 12.0. The first-order chi connectivity index (χ1) is 7.72. The topological polar surface area (TPSA) is 42.2 Å². The van der Waals surface area contributed by atoms with E-state index in [0.29, 0.717) is 17.9 Å². The van der Waals surface area contributed by atoms with E-state index in [0.717, 1.165) is 4.90 Å². The van der Waals surface area contributed by atoms with E-state index in [1.54, 1.807) is 18.9 Å². The lowest BCUT2D eigenvalue weighted by molar-refractivity contribution is 0.0917. The summed E-state index contributed by atoms with van der Waals surface area (Å²) >= 11 is 1.54. The van der Waals surface area contributed by atoms with Gasteiger partial charge in [-0.15, -0.1) is 11.8 Å². The summed E-state index contributed by atoms with van der Waals surface area (Å²) in [6.07, 6.45) is 1.88. The van der Waals surface area contributed by atoms with Gasteiger partial charge in [0.2, 0.25) is 0 Å². The Labute approximate surface area is 100 Å². The van der Waals surface area contributed by atoms with Crippen LogP contribution in [0.3, 0.4) is 0 Å². The average molecular weight is 237 g/mol. The van der Waals surface area contributed by atoms with Gasteiger partial charge in [-0.1, -0.05) is 6.07 Å². The fourth-order valence-corrected chi connectivity index (χ4v) is 1.94. The summed E-state index contributed by atoms with van der Waals surface area (Å²) in [7, 11) is 1.63. The van der Waals surface area contributed by atoms with Gasteiger partial charge in [-0.3, -0.25) is 0 Å². The molecule has 0 saturated carbocycles. The normalized spacial score (nSPS) is 11.9. The van der Waals surface area contributed by atoms with Crippen LogP contribution in [-0.2, 0) is 4.74 Å². The third-order valence-electron chi connectivity index (χ3n) is 2.05. The first-order valence-electron chi connectivity index (χ1n) is 4.95. The molecule has 0 heterocycles. The number of methoxy groups -OCH3 is 1. The van der Waals surface area contributed by atoms with E-state index in [2.05, 4.69) is 6.07 Å². The molecule has 0 N–H and O–H groups in total. The predicted molar refractivity (Wildman–Crippen MR) is 64.9 cm³/mol. The quantitative estimate of drug-likeness (QED) is 0.738. The standard InChI is InChI=1S/C12H15NO2S/c1-9(8-14-2)15-11-5-4-6-12(16-3)10(11)7-13/h4-6,9H,8H2,1-3H3. The van der Waals surface area contributed by atoms with Gasteiger partial charge in [-0.25, -0.2) is 0 Å². The van der Waals surface area contributed by atoms with E-state index in [-0.39, 0.29) is 6.10 Å². The Morgan fingerprint density at radius 1 is 1.50 bits per heavy atom. The number of benzene rings is 1. The second-order valence-electron chi connectivity index (χ2n) is 3.33. The fraction of sp³-hybridized carbons (Fsp3) is 0.417. The van der Waals surface area contributed by atoms with Crippen molar-refractivity contribution in [3.05, 3.63) is 23.8 Å². The Morgan fingerprint density at radius 3 is 2.81 bits per heavy atom. The number of hydrogen-bond acceptors (Lipinski definition) is 4. The van der Waals surface area contributed by atoms with Gasteiger partial charge in [-0.2, -0.15) is 5.26 Å². The van der Waals surface area contributed by atoms with E-state index < -0.39 is 0 Å². The molecule has 0 aromatic heterocycles. The van der Waals surface area contributed by atoms with Crippen molar-refractivity contribution in [2.24, 2.45) is 0 Å². The third kappa shape index (κ3) is 3.16. The first kappa shape index (κ1) is 12.9. The molecule has 1 rings (SSSR count). The van der Waals surface area contributed by atoms with Crippen molar-refractivity contribution in [2.75, 3.05) is 20.0 Å². The molecule has 0 radical (unpaired) electrons. The van der Waals surface area contributed by atoms with Crippen LogP contribution >= 0.6 is 11.8 Å². The van der Waals surface area contributed by atoms with Gasteiger partial charge in [-0.05, 0) is 25.3 Å². The minimum absolute atomic E-state index is 0.0609. The van der Waals surface area contributed by atoms with Crippen LogP contribution in [-0.4, -0.2) is 26.1 Å². The molecule has 3 nitrogen and oxygen atoms in total. The zero-order valence-electron chi connectivity index (χ0n) is 9.69. The summed E-state index contributed by atoms with van der Waals surface area (Å²) in [5.41, 5.74) is 0.595. The third-order valence-corrected chi connectivity index (χ3v) is 2.83. The van der Waals surface area contributed by atoms with Gasteiger partial charge in [0, 0.05) is 12.0 Å². The molecule has 0 saturated heterocycles. The Balaban J connectivity index is 2.92. The van der Waals surface area contributed by atoms with Crippen LogP contribution in [0, 0.1) is 11.3 Å². The highest BCUT2D eigenvalue weighted by Crippen LogP contribution is 2.28. The monoisotopic (exact) mass is 237 g/mol. The fourth-order valence-electron chi connectivity index (χ4n) is 1.37. The van der Waals surface area contributed by atoms with Crippen molar-refractivity contribution >= 4 is 11.8 Å². The average Bonchev–Trinajstić information content (AvgIpc) is 2.29. The number of rotatable bonds is 5. The minimum atomic E-state index is -0.0609. The van der Waals surface area contributed by atoms with Gasteiger partial charge in [0.15, 0.2) is 0 Å². The molecular formula is C12H15NO2S. The molecule has 4 heteroatoms. The highest BCUT2D eigenvalue weighted by atomic mass is 32.2. The molecule has 0 spiro atoms. The number of ether oxygens (including phenoxy) is 2. The maximum Gasteiger partial charge on any atom is 0.138 e. The molecule has 0 aliphatic heterocycles. The summed E-state index contributed by atoms with van der Waals surface area (Å²) in [5, 5.41) is 9.10. The maximum absolute atomic E-state index is 9.10. The van der Waals surface area contributed by atoms with Crippen molar-refractivity contribution in [1.29, 1.82) is 5.26 Å². The largest absolute Gasteiger partial charge is 0.487 e. The summed E-state index contributed by atoms with van der Waals surface area (Å²) in [5.74, 6) is 0.624. The van der Waals surface area contributed by atoms with Gasteiger partial charge >= 0.3 is 0 Å². The van der Waals surface area contributed by atoms with Crippen LogP contribution in [0.15, 0.2) is 23.1 Å². The second-order valence-corrected chi connectivity index (χ2v) is 4.18. The molecule has 1 atom stereocenters. The maximum atomic E-state index is 9.10. The number of nitrogens with zero attached hydrogens (tertiary/aromatic N) is 1. The van der Waals surface area contributed by atoms with Gasteiger partial charge in [0.1, 0.15) is 23.5 Å². The molecule has 1 aromatic rings. The molecule has 0 aliphatic carbocycles. The van der Waals surface area contributed by atoms with Gasteiger partial charge < -0.3 is 9.47 Å². The molecule has 1 aromatic carbocycles. The number of thioether (sulfide) groups is 1. The van der Waals surface area contributed by atoms with Crippen molar-refractivity contribution in [3.63, 3.8) is 0 Å². The lowest BCUT2D eigenvalue weighted by Crippen LogP contribution is -2.18. The summed E-state index contributed by atoms with van der Waals surface area (Å²) in [6.45, 7) is 2.42. The molecule has 1 unspecified atom stereocenters. The second kappa shape index (κ2) is 6.41. The smallest absolute Gasteiger partial charge is 0.138 e. The van der Waals surface area contributed by atoms with Crippen LogP contribution in [0.4, 0.5) is 0 Å². The van der Waals surface area contributed by atoms with Crippen LogP contribution in [0.25, 0.3) is 0 Å². The molecule has 0 amide bonds. The molecule has 0 fully saturated rings. The Kier molecular flexibility index (Phi) is 5.17. The Morgan fingerprint density at radius 2 is 2.25 bits per heavy atom. The highest BCUT2D eigenvalue weighted by Gasteiger charge is 2.11. The summed E-state index contributed by atoms with van der Waals surface area (Å²) < 4.78 is 10.7.